The molecular formula is C22H23FNO+. The number of rotatable bonds is 3. The van der Waals surface area contributed by atoms with Crippen LogP contribution in [0.3, 0.4) is 0 Å². The first-order valence-corrected chi connectivity index (χ1v) is 8.40. The van der Waals surface area contributed by atoms with Gasteiger partial charge in [0.2, 0.25) is 5.52 Å². The van der Waals surface area contributed by atoms with Crippen molar-refractivity contribution in [2.24, 2.45) is 7.05 Å². The molecule has 2 aromatic carbocycles. The molecule has 0 aliphatic rings. The standard InChI is InChI=1S/C22H23FNO/c1-14-15(2)20(13-25)22(23)16(3)18(14)10-9-17-11-12-24(4)21-8-6-5-7-19(17)21/h5-12,25H,13H2,1-4H3/q+1/b10-9+. The molecule has 0 aliphatic carbocycles. The number of aryl methyl sites for hydroxylation is 1. The molecule has 1 aromatic heterocycles. The van der Waals surface area contributed by atoms with Crippen molar-refractivity contribution in [1.82, 2.24) is 0 Å². The second-order valence-corrected chi connectivity index (χ2v) is 6.47. The van der Waals surface area contributed by atoms with Gasteiger partial charge in [0.1, 0.15) is 12.9 Å². The number of halogens is 1. The Morgan fingerprint density at radius 2 is 1.72 bits per heavy atom. The van der Waals surface area contributed by atoms with Gasteiger partial charge < -0.3 is 5.11 Å². The highest BCUT2D eigenvalue weighted by Crippen LogP contribution is 2.28. The Labute approximate surface area is 147 Å². The molecule has 25 heavy (non-hydrogen) atoms. The molecule has 3 rings (SSSR count). The monoisotopic (exact) mass is 336 g/mol. The van der Waals surface area contributed by atoms with Gasteiger partial charge in [0.25, 0.3) is 0 Å². The molecule has 0 amide bonds. The summed E-state index contributed by atoms with van der Waals surface area (Å²) >= 11 is 0. The van der Waals surface area contributed by atoms with Gasteiger partial charge in [-0.05, 0) is 54.7 Å². The maximum atomic E-state index is 14.5. The summed E-state index contributed by atoms with van der Waals surface area (Å²) in [4.78, 5) is 0. The average molecular weight is 336 g/mol. The summed E-state index contributed by atoms with van der Waals surface area (Å²) in [6, 6.07) is 10.3. The number of hydrogen-bond donors (Lipinski definition) is 1. The molecule has 0 unspecified atom stereocenters. The van der Waals surface area contributed by atoms with Crippen molar-refractivity contribution in [2.45, 2.75) is 27.4 Å². The summed E-state index contributed by atoms with van der Waals surface area (Å²) in [5.74, 6) is -0.311. The SMILES string of the molecule is Cc1c(C)c(CO)c(F)c(C)c1/C=C/c1cc[n+](C)c2ccccc12. The molecule has 0 radical (unpaired) electrons. The molecular weight excluding hydrogens is 313 g/mol. The van der Waals surface area contributed by atoms with Gasteiger partial charge >= 0.3 is 0 Å². The first-order chi connectivity index (χ1) is 12.0. The summed E-state index contributed by atoms with van der Waals surface area (Å²) in [6.07, 6.45) is 6.04. The Kier molecular flexibility index (Phi) is 4.69. The van der Waals surface area contributed by atoms with Gasteiger partial charge in [-0.15, -0.1) is 0 Å². The van der Waals surface area contributed by atoms with E-state index in [0.717, 1.165) is 33.2 Å². The van der Waals surface area contributed by atoms with E-state index in [9.17, 15) is 9.50 Å². The lowest BCUT2D eigenvalue weighted by molar-refractivity contribution is -0.644. The quantitative estimate of drug-likeness (QED) is 0.705. The zero-order valence-electron chi connectivity index (χ0n) is 15.1. The highest BCUT2D eigenvalue weighted by Gasteiger charge is 2.15. The van der Waals surface area contributed by atoms with Gasteiger partial charge in [-0.2, -0.15) is 0 Å². The lowest BCUT2D eigenvalue weighted by Crippen LogP contribution is -2.28. The maximum absolute atomic E-state index is 14.5. The van der Waals surface area contributed by atoms with Crippen molar-refractivity contribution in [1.29, 1.82) is 0 Å². The van der Waals surface area contributed by atoms with E-state index in [0.29, 0.717) is 11.1 Å². The van der Waals surface area contributed by atoms with Crippen molar-refractivity contribution in [3.05, 3.63) is 75.7 Å². The number of aliphatic hydroxyl groups excluding tert-OH is 1. The summed E-state index contributed by atoms with van der Waals surface area (Å²) in [5, 5.41) is 10.6. The first-order valence-electron chi connectivity index (χ1n) is 8.40. The summed E-state index contributed by atoms with van der Waals surface area (Å²) < 4.78 is 16.6. The van der Waals surface area contributed by atoms with E-state index in [-0.39, 0.29) is 12.4 Å². The molecule has 0 aliphatic heterocycles. The number of nitrogens with zero attached hydrogens (tertiary/aromatic N) is 1. The van der Waals surface area contributed by atoms with Crippen LogP contribution in [-0.4, -0.2) is 5.11 Å². The number of fused-ring (bicyclic) bond motifs is 1. The normalized spacial score (nSPS) is 11.6. The third-order valence-corrected chi connectivity index (χ3v) is 5.08. The minimum Gasteiger partial charge on any atom is -0.392 e. The van der Waals surface area contributed by atoms with E-state index < -0.39 is 0 Å². The summed E-state index contributed by atoms with van der Waals surface area (Å²) in [6.45, 7) is 5.33. The van der Waals surface area contributed by atoms with Crippen molar-refractivity contribution in [3.63, 3.8) is 0 Å². The molecule has 0 spiro atoms. The Balaban J connectivity index is 2.15. The molecule has 0 saturated carbocycles. The van der Waals surface area contributed by atoms with Gasteiger partial charge in [-0.25, -0.2) is 8.96 Å². The highest BCUT2D eigenvalue weighted by molar-refractivity contribution is 5.89. The summed E-state index contributed by atoms with van der Waals surface area (Å²) in [5.41, 5.74) is 5.91. The van der Waals surface area contributed by atoms with Crippen molar-refractivity contribution < 1.29 is 14.1 Å². The van der Waals surface area contributed by atoms with Crippen molar-refractivity contribution >= 4 is 23.1 Å². The maximum Gasteiger partial charge on any atom is 0.212 e. The zero-order chi connectivity index (χ0) is 18.1. The van der Waals surface area contributed by atoms with Crippen LogP contribution in [0.1, 0.15) is 33.4 Å². The first kappa shape index (κ1) is 17.3. The van der Waals surface area contributed by atoms with E-state index in [2.05, 4.69) is 22.8 Å². The molecule has 0 atom stereocenters. The molecule has 0 saturated heterocycles. The van der Waals surface area contributed by atoms with Gasteiger partial charge in [-0.3, -0.25) is 0 Å². The fraction of sp³-hybridized carbons (Fsp3) is 0.227. The van der Waals surface area contributed by atoms with E-state index in [4.69, 9.17) is 0 Å². The van der Waals surface area contributed by atoms with Crippen LogP contribution in [0.25, 0.3) is 23.1 Å². The van der Waals surface area contributed by atoms with Crippen molar-refractivity contribution in [3.8, 4) is 0 Å². The van der Waals surface area contributed by atoms with E-state index in [1.54, 1.807) is 6.92 Å². The van der Waals surface area contributed by atoms with E-state index >= 15 is 0 Å². The van der Waals surface area contributed by atoms with E-state index in [1.165, 1.54) is 0 Å². The fourth-order valence-corrected chi connectivity index (χ4v) is 3.36. The molecule has 1 heterocycles. The van der Waals surface area contributed by atoms with Crippen LogP contribution in [0, 0.1) is 26.6 Å². The minimum atomic E-state index is -0.311. The Morgan fingerprint density at radius 1 is 1.00 bits per heavy atom. The predicted octanol–water partition coefficient (Wildman–Crippen LogP) is 4.39. The minimum absolute atomic E-state index is 0.275. The van der Waals surface area contributed by atoms with Gasteiger partial charge in [-0.1, -0.05) is 24.3 Å². The molecule has 3 aromatic rings. The van der Waals surface area contributed by atoms with Crippen LogP contribution in [0.5, 0.6) is 0 Å². The van der Waals surface area contributed by atoms with Crippen LogP contribution in [0.2, 0.25) is 0 Å². The number of hydrogen-bond acceptors (Lipinski definition) is 1. The van der Waals surface area contributed by atoms with Crippen LogP contribution < -0.4 is 4.57 Å². The third-order valence-electron chi connectivity index (χ3n) is 5.08. The topological polar surface area (TPSA) is 24.1 Å². The van der Waals surface area contributed by atoms with Crippen LogP contribution >= 0.6 is 0 Å². The van der Waals surface area contributed by atoms with Crippen LogP contribution in [-0.2, 0) is 13.7 Å². The number of para-hydroxylation sites is 1. The van der Waals surface area contributed by atoms with Gasteiger partial charge in [0, 0.05) is 17.7 Å². The van der Waals surface area contributed by atoms with Crippen LogP contribution in [0.15, 0.2) is 36.5 Å². The largest absolute Gasteiger partial charge is 0.392 e. The Hall–Kier alpha value is -2.52. The molecule has 0 fully saturated rings. The molecule has 0 bridgehead atoms. The summed E-state index contributed by atoms with van der Waals surface area (Å²) in [7, 11) is 2.02. The van der Waals surface area contributed by atoms with Gasteiger partial charge in [0.15, 0.2) is 6.20 Å². The number of benzene rings is 2. The molecule has 1 N–H and O–H groups in total. The Bertz CT molecular complexity index is 960. The second-order valence-electron chi connectivity index (χ2n) is 6.47. The second kappa shape index (κ2) is 6.77. The number of pyridine rings is 1. The number of aromatic nitrogens is 1. The third kappa shape index (κ3) is 2.96. The molecule has 3 heteroatoms. The highest BCUT2D eigenvalue weighted by atomic mass is 19.1. The van der Waals surface area contributed by atoms with Crippen LogP contribution in [0.4, 0.5) is 4.39 Å². The van der Waals surface area contributed by atoms with E-state index in [1.807, 2.05) is 51.4 Å². The zero-order valence-corrected chi connectivity index (χ0v) is 15.1. The average Bonchev–Trinajstić information content (AvgIpc) is 2.62. The fourth-order valence-electron chi connectivity index (χ4n) is 3.36. The lowest BCUT2D eigenvalue weighted by atomic mass is 9.92. The van der Waals surface area contributed by atoms with Gasteiger partial charge in [0.05, 0.1) is 12.0 Å². The Morgan fingerprint density at radius 3 is 2.44 bits per heavy atom. The van der Waals surface area contributed by atoms with Crippen molar-refractivity contribution in [2.75, 3.05) is 0 Å². The lowest BCUT2D eigenvalue weighted by Gasteiger charge is -2.15. The number of aliphatic hydroxyl groups is 1. The predicted molar refractivity (Wildman–Crippen MR) is 101 cm³/mol. The smallest absolute Gasteiger partial charge is 0.212 e. The molecule has 128 valence electrons. The molecule has 2 nitrogen and oxygen atoms in total.